The van der Waals surface area contributed by atoms with Crippen molar-refractivity contribution in [3.63, 3.8) is 0 Å². The molecule has 0 aliphatic heterocycles. The number of ether oxygens (including phenoxy) is 1. The van der Waals surface area contributed by atoms with E-state index < -0.39 is 22.8 Å². The number of hydrogen-bond donors (Lipinski definition) is 2. The van der Waals surface area contributed by atoms with E-state index in [1.54, 1.807) is 20.8 Å². The molecule has 1 aromatic rings. The lowest BCUT2D eigenvalue weighted by molar-refractivity contribution is 0.00669. The smallest absolute Gasteiger partial charge is 0.345 e. The number of carbonyl (C=O) groups is 1. The van der Waals surface area contributed by atoms with E-state index in [4.69, 9.17) is 4.74 Å². The Morgan fingerprint density at radius 3 is 2.40 bits per heavy atom. The zero-order chi connectivity index (χ0) is 11.6. The van der Waals surface area contributed by atoms with Crippen LogP contribution in [0.25, 0.3) is 0 Å². The summed E-state index contributed by atoms with van der Waals surface area (Å²) in [6.45, 7) is 5.06. The average molecular weight is 212 g/mol. The van der Waals surface area contributed by atoms with Gasteiger partial charge in [-0.15, -0.1) is 0 Å². The van der Waals surface area contributed by atoms with Crippen LogP contribution in [0.4, 0.5) is 0 Å². The lowest BCUT2D eigenvalue weighted by Gasteiger charge is -2.18. The Labute approximate surface area is 85.3 Å². The first-order valence-corrected chi connectivity index (χ1v) is 4.35. The molecule has 1 heterocycles. The average Bonchev–Trinajstić information content (AvgIpc) is 1.99. The van der Waals surface area contributed by atoms with Crippen LogP contribution in [0.5, 0.6) is 0 Å². The highest BCUT2D eigenvalue weighted by Gasteiger charge is 2.20. The van der Waals surface area contributed by atoms with Gasteiger partial charge in [-0.2, -0.15) is 0 Å². The van der Waals surface area contributed by atoms with Gasteiger partial charge in [0, 0.05) is 6.20 Å². The topological polar surface area (TPSA) is 92.0 Å². The van der Waals surface area contributed by atoms with Crippen molar-refractivity contribution in [3.05, 3.63) is 32.6 Å². The molecule has 82 valence electrons. The van der Waals surface area contributed by atoms with Gasteiger partial charge in [0.05, 0.1) is 0 Å². The van der Waals surface area contributed by atoms with E-state index in [0.29, 0.717) is 0 Å². The van der Waals surface area contributed by atoms with E-state index in [2.05, 4.69) is 4.98 Å². The molecule has 0 atom stereocenters. The molecule has 0 aliphatic carbocycles. The molecule has 15 heavy (non-hydrogen) atoms. The summed E-state index contributed by atoms with van der Waals surface area (Å²) in [4.78, 5) is 37.4. The normalized spacial score (nSPS) is 11.1. The van der Waals surface area contributed by atoms with Crippen LogP contribution in [-0.4, -0.2) is 21.5 Å². The lowest BCUT2D eigenvalue weighted by atomic mass is 10.2. The van der Waals surface area contributed by atoms with Crippen LogP contribution in [0.15, 0.2) is 15.8 Å². The van der Waals surface area contributed by atoms with Gasteiger partial charge in [-0.1, -0.05) is 0 Å². The van der Waals surface area contributed by atoms with Crippen LogP contribution in [-0.2, 0) is 4.74 Å². The van der Waals surface area contributed by atoms with E-state index in [0.717, 1.165) is 6.20 Å². The molecule has 1 aromatic heterocycles. The molecule has 0 spiro atoms. The van der Waals surface area contributed by atoms with E-state index >= 15 is 0 Å². The number of H-pyrrole nitrogens is 2. The first kappa shape index (κ1) is 11.2. The van der Waals surface area contributed by atoms with Crippen molar-refractivity contribution in [2.24, 2.45) is 0 Å². The van der Waals surface area contributed by atoms with Crippen molar-refractivity contribution in [1.82, 2.24) is 9.97 Å². The van der Waals surface area contributed by atoms with Crippen LogP contribution < -0.4 is 11.2 Å². The third-order valence-corrected chi connectivity index (χ3v) is 1.44. The Kier molecular flexibility index (Phi) is 2.78. The summed E-state index contributed by atoms with van der Waals surface area (Å²) < 4.78 is 4.96. The van der Waals surface area contributed by atoms with E-state index in [9.17, 15) is 14.4 Å². The van der Waals surface area contributed by atoms with Gasteiger partial charge >= 0.3 is 11.7 Å². The second-order valence-electron chi connectivity index (χ2n) is 3.99. The molecule has 0 aliphatic rings. The fraction of sp³-hybridized carbons (Fsp3) is 0.444. The molecule has 0 radical (unpaired) electrons. The Morgan fingerprint density at radius 2 is 1.93 bits per heavy atom. The Morgan fingerprint density at radius 1 is 1.33 bits per heavy atom. The van der Waals surface area contributed by atoms with Gasteiger partial charge in [-0.25, -0.2) is 9.59 Å². The molecule has 0 amide bonds. The summed E-state index contributed by atoms with van der Waals surface area (Å²) >= 11 is 0. The maximum absolute atomic E-state index is 11.4. The Bertz CT molecular complexity index is 478. The number of carbonyl (C=O) groups excluding carboxylic acids is 1. The maximum atomic E-state index is 11.4. The van der Waals surface area contributed by atoms with E-state index in [-0.39, 0.29) is 5.56 Å². The highest BCUT2D eigenvalue weighted by Crippen LogP contribution is 2.08. The molecule has 1 rings (SSSR count). The molecule has 0 saturated carbocycles. The van der Waals surface area contributed by atoms with Gasteiger partial charge in [0.1, 0.15) is 11.2 Å². The minimum Gasteiger partial charge on any atom is -0.456 e. The number of nitrogens with one attached hydrogen (secondary N) is 2. The third kappa shape index (κ3) is 3.08. The summed E-state index contributed by atoms with van der Waals surface area (Å²) in [5.74, 6) is -0.764. The monoisotopic (exact) mass is 212 g/mol. The van der Waals surface area contributed by atoms with Gasteiger partial charge in [-0.3, -0.25) is 9.78 Å². The number of rotatable bonds is 1. The summed E-state index contributed by atoms with van der Waals surface area (Å²) in [5.41, 5.74) is -2.32. The lowest BCUT2D eigenvalue weighted by Crippen LogP contribution is -2.31. The van der Waals surface area contributed by atoms with Crippen LogP contribution in [0, 0.1) is 0 Å². The fourth-order valence-corrected chi connectivity index (χ4v) is 0.894. The summed E-state index contributed by atoms with van der Waals surface area (Å²) in [5, 5.41) is 0. The SMILES string of the molecule is CC(C)(C)OC(=O)c1c[nH]c(=O)[nH]c1=O. The molecule has 0 bridgehead atoms. The summed E-state index contributed by atoms with van der Waals surface area (Å²) in [7, 11) is 0. The molecule has 6 nitrogen and oxygen atoms in total. The summed E-state index contributed by atoms with van der Waals surface area (Å²) in [6, 6.07) is 0. The number of esters is 1. The molecule has 0 unspecified atom stereocenters. The molecule has 6 heteroatoms. The first-order valence-electron chi connectivity index (χ1n) is 4.35. The highest BCUT2D eigenvalue weighted by molar-refractivity contribution is 5.88. The molecule has 0 fully saturated rings. The highest BCUT2D eigenvalue weighted by atomic mass is 16.6. The molecular formula is C9H12N2O4. The second kappa shape index (κ2) is 3.72. The predicted molar refractivity (Wildman–Crippen MR) is 52.9 cm³/mol. The van der Waals surface area contributed by atoms with Crippen LogP contribution in [0.3, 0.4) is 0 Å². The molecular weight excluding hydrogens is 200 g/mol. The van der Waals surface area contributed by atoms with Crippen LogP contribution in [0.1, 0.15) is 31.1 Å². The van der Waals surface area contributed by atoms with Crippen molar-refractivity contribution in [2.75, 3.05) is 0 Å². The van der Waals surface area contributed by atoms with Crippen LogP contribution >= 0.6 is 0 Å². The minimum absolute atomic E-state index is 0.218. The summed E-state index contributed by atoms with van der Waals surface area (Å²) in [6.07, 6.45) is 1.04. The van der Waals surface area contributed by atoms with Gasteiger partial charge in [-0.05, 0) is 20.8 Å². The van der Waals surface area contributed by atoms with Crippen molar-refractivity contribution in [3.8, 4) is 0 Å². The van der Waals surface area contributed by atoms with Gasteiger partial charge in [0.2, 0.25) is 0 Å². The zero-order valence-corrected chi connectivity index (χ0v) is 8.71. The van der Waals surface area contributed by atoms with Crippen molar-refractivity contribution in [1.29, 1.82) is 0 Å². The number of hydrogen-bond acceptors (Lipinski definition) is 4. The van der Waals surface area contributed by atoms with Crippen molar-refractivity contribution in [2.45, 2.75) is 26.4 Å². The first-order chi connectivity index (χ1) is 6.79. The van der Waals surface area contributed by atoms with Crippen LogP contribution in [0.2, 0.25) is 0 Å². The second-order valence-corrected chi connectivity index (χ2v) is 3.99. The Balaban J connectivity index is 3.03. The molecule has 0 saturated heterocycles. The standard InChI is InChI=1S/C9H12N2O4/c1-9(2,3)15-7(13)5-4-10-8(14)11-6(5)12/h4H,1-3H3,(H2,10,11,12,14). The molecule has 2 N–H and O–H groups in total. The number of aromatic nitrogens is 2. The van der Waals surface area contributed by atoms with Crippen molar-refractivity contribution < 1.29 is 9.53 Å². The van der Waals surface area contributed by atoms with E-state index in [1.165, 1.54) is 0 Å². The quantitative estimate of drug-likeness (QED) is 0.642. The maximum Gasteiger partial charge on any atom is 0.345 e. The van der Waals surface area contributed by atoms with Gasteiger partial charge < -0.3 is 9.72 Å². The minimum atomic E-state index is -0.764. The third-order valence-electron chi connectivity index (χ3n) is 1.44. The van der Waals surface area contributed by atoms with E-state index in [1.807, 2.05) is 4.98 Å². The largest absolute Gasteiger partial charge is 0.456 e. The van der Waals surface area contributed by atoms with Gasteiger partial charge in [0.15, 0.2) is 0 Å². The molecule has 0 aromatic carbocycles. The van der Waals surface area contributed by atoms with Crippen molar-refractivity contribution >= 4 is 5.97 Å². The van der Waals surface area contributed by atoms with Gasteiger partial charge in [0.25, 0.3) is 5.56 Å². The zero-order valence-electron chi connectivity index (χ0n) is 8.71. The fourth-order valence-electron chi connectivity index (χ4n) is 0.894. The Hall–Kier alpha value is -1.85. The number of aromatic amines is 2. The predicted octanol–water partition coefficient (Wildman–Crippen LogP) is 0.0185.